The highest BCUT2D eigenvalue weighted by atomic mass is 35.5. The monoisotopic (exact) mass is 490 g/mol. The minimum atomic E-state index is -3.39. The van der Waals surface area contributed by atoms with Crippen LogP contribution >= 0.6 is 23.1 Å². The third-order valence-electron chi connectivity index (χ3n) is 4.06. The lowest BCUT2D eigenvalue weighted by Crippen LogP contribution is -2.16. The number of para-hydroxylation sites is 1. The number of rotatable bonds is 7. The zero-order valence-electron chi connectivity index (χ0n) is 17.1. The summed E-state index contributed by atoms with van der Waals surface area (Å²) in [5, 5.41) is 0.760. The third-order valence-corrected chi connectivity index (χ3v) is 6.23. The van der Waals surface area contributed by atoms with Crippen LogP contribution in [0.15, 0.2) is 70.2 Å². The van der Waals surface area contributed by atoms with E-state index in [0.717, 1.165) is 17.8 Å². The number of carbonyl (C=O) groups excluding carboxylic acids is 1. The summed E-state index contributed by atoms with van der Waals surface area (Å²) in [5.41, 5.74) is 6.95. The first kappa shape index (κ1) is 23.6. The van der Waals surface area contributed by atoms with Gasteiger partial charge < -0.3 is 10.5 Å². The Morgan fingerprint density at radius 3 is 2.69 bits per heavy atom. The fourth-order valence-corrected chi connectivity index (χ4v) is 4.03. The highest BCUT2D eigenvalue weighted by molar-refractivity contribution is 7.90. The van der Waals surface area contributed by atoms with Gasteiger partial charge in [0.25, 0.3) is 0 Å². The maximum atomic E-state index is 12.0. The van der Waals surface area contributed by atoms with Crippen molar-refractivity contribution in [1.29, 1.82) is 0 Å². The van der Waals surface area contributed by atoms with Crippen molar-refractivity contribution in [2.24, 2.45) is 10.7 Å². The minimum absolute atomic E-state index is 0.155. The number of hydrogen-bond donors (Lipinski definition) is 1. The SMILES string of the molecule is CCOC(=O)/C(N)=C/C(=Nc1ccccc1Cl)c1nc(-c2cccc(S(C)(=O)=O)c2)ns1. The predicted octanol–water partition coefficient (Wildman–Crippen LogP) is 3.79. The average molecular weight is 491 g/mol. The molecule has 0 aliphatic heterocycles. The quantitative estimate of drug-likeness (QED) is 0.303. The van der Waals surface area contributed by atoms with E-state index in [1.165, 1.54) is 18.2 Å². The number of hydrogen-bond acceptors (Lipinski definition) is 9. The van der Waals surface area contributed by atoms with E-state index < -0.39 is 15.8 Å². The van der Waals surface area contributed by atoms with Gasteiger partial charge in [-0.3, -0.25) is 0 Å². The molecule has 0 fully saturated rings. The lowest BCUT2D eigenvalue weighted by molar-refractivity contribution is -0.138. The summed E-state index contributed by atoms with van der Waals surface area (Å²) < 4.78 is 33.0. The van der Waals surface area contributed by atoms with Crippen molar-refractivity contribution in [1.82, 2.24) is 9.36 Å². The van der Waals surface area contributed by atoms with E-state index in [4.69, 9.17) is 22.1 Å². The number of nitrogens with zero attached hydrogens (tertiary/aromatic N) is 3. The van der Waals surface area contributed by atoms with E-state index in [2.05, 4.69) is 14.3 Å². The summed E-state index contributed by atoms with van der Waals surface area (Å²) in [7, 11) is -3.39. The molecule has 1 aromatic heterocycles. The van der Waals surface area contributed by atoms with Crippen LogP contribution in [0.25, 0.3) is 11.4 Å². The second-order valence-corrected chi connectivity index (χ2v) is 9.67. The largest absolute Gasteiger partial charge is 0.461 e. The van der Waals surface area contributed by atoms with Crippen molar-refractivity contribution < 1.29 is 17.9 Å². The van der Waals surface area contributed by atoms with Gasteiger partial charge in [-0.15, -0.1) is 0 Å². The molecule has 0 saturated carbocycles. The summed E-state index contributed by atoms with van der Waals surface area (Å²) in [6, 6.07) is 13.2. The molecule has 0 unspecified atom stereocenters. The average Bonchev–Trinajstić information content (AvgIpc) is 3.24. The molecular weight excluding hydrogens is 472 g/mol. The molecule has 0 radical (unpaired) electrons. The van der Waals surface area contributed by atoms with E-state index >= 15 is 0 Å². The zero-order valence-corrected chi connectivity index (χ0v) is 19.5. The molecule has 11 heteroatoms. The lowest BCUT2D eigenvalue weighted by atomic mass is 10.2. The fourth-order valence-electron chi connectivity index (χ4n) is 2.55. The molecule has 0 spiro atoms. The van der Waals surface area contributed by atoms with E-state index in [-0.39, 0.29) is 22.9 Å². The van der Waals surface area contributed by atoms with Crippen LogP contribution in [0.4, 0.5) is 5.69 Å². The van der Waals surface area contributed by atoms with Gasteiger partial charge >= 0.3 is 5.97 Å². The van der Waals surface area contributed by atoms with Crippen molar-refractivity contribution in [3.63, 3.8) is 0 Å². The van der Waals surface area contributed by atoms with Gasteiger partial charge in [0.15, 0.2) is 20.7 Å². The fraction of sp³-hybridized carbons (Fsp3) is 0.143. The maximum Gasteiger partial charge on any atom is 0.354 e. The summed E-state index contributed by atoms with van der Waals surface area (Å²) in [4.78, 5) is 21.1. The lowest BCUT2D eigenvalue weighted by Gasteiger charge is -2.04. The van der Waals surface area contributed by atoms with Crippen LogP contribution in [-0.4, -0.2) is 42.3 Å². The van der Waals surface area contributed by atoms with Gasteiger partial charge in [0.05, 0.1) is 22.2 Å². The Labute approximate surface area is 194 Å². The number of ether oxygens (including phenoxy) is 1. The molecule has 2 aromatic carbocycles. The highest BCUT2D eigenvalue weighted by Gasteiger charge is 2.16. The molecule has 0 aliphatic carbocycles. The second-order valence-electron chi connectivity index (χ2n) is 6.49. The summed E-state index contributed by atoms with van der Waals surface area (Å²) in [6.45, 7) is 1.84. The third kappa shape index (κ3) is 5.78. The first-order chi connectivity index (χ1) is 15.2. The van der Waals surface area contributed by atoms with Crippen LogP contribution in [0.5, 0.6) is 0 Å². The van der Waals surface area contributed by atoms with Gasteiger partial charge in [-0.1, -0.05) is 35.9 Å². The number of aliphatic imine (C=N–C) groups is 1. The van der Waals surface area contributed by atoms with Gasteiger partial charge in [-0.25, -0.2) is 23.2 Å². The topological polar surface area (TPSA) is 125 Å². The minimum Gasteiger partial charge on any atom is -0.461 e. The maximum absolute atomic E-state index is 12.0. The number of nitrogens with two attached hydrogens (primary N) is 1. The number of carbonyl (C=O) groups is 1. The first-order valence-corrected chi connectivity index (χ1v) is 12.4. The van der Waals surface area contributed by atoms with Gasteiger partial charge in [-0.05, 0) is 48.8 Å². The van der Waals surface area contributed by atoms with Gasteiger partial charge in [0, 0.05) is 11.8 Å². The van der Waals surface area contributed by atoms with Crippen molar-refractivity contribution in [3.8, 4) is 11.4 Å². The second kappa shape index (κ2) is 10.0. The van der Waals surface area contributed by atoms with E-state index in [1.807, 2.05) is 0 Å². The molecule has 8 nitrogen and oxygen atoms in total. The Balaban J connectivity index is 2.07. The molecule has 3 aromatic rings. The Hall–Kier alpha value is -3.08. The summed E-state index contributed by atoms with van der Waals surface area (Å²) in [6.07, 6.45) is 2.47. The number of aromatic nitrogens is 2. The van der Waals surface area contributed by atoms with Crippen molar-refractivity contribution in [3.05, 3.63) is 70.3 Å². The number of sulfone groups is 1. The van der Waals surface area contributed by atoms with Crippen LogP contribution < -0.4 is 5.73 Å². The van der Waals surface area contributed by atoms with Crippen molar-refractivity contribution >= 4 is 50.3 Å². The van der Waals surface area contributed by atoms with Crippen LogP contribution in [0.1, 0.15) is 11.9 Å². The molecule has 166 valence electrons. The summed E-state index contributed by atoms with van der Waals surface area (Å²) >= 11 is 7.25. The zero-order chi connectivity index (χ0) is 23.3. The highest BCUT2D eigenvalue weighted by Crippen LogP contribution is 2.27. The molecule has 1 heterocycles. The molecule has 0 saturated heterocycles. The Morgan fingerprint density at radius 1 is 1.25 bits per heavy atom. The number of esters is 1. The van der Waals surface area contributed by atoms with Crippen LogP contribution in [0.3, 0.4) is 0 Å². The van der Waals surface area contributed by atoms with Crippen LogP contribution in [0, 0.1) is 0 Å². The smallest absolute Gasteiger partial charge is 0.354 e. The first-order valence-electron chi connectivity index (χ1n) is 9.31. The van der Waals surface area contributed by atoms with Crippen LogP contribution in [-0.2, 0) is 19.4 Å². The number of halogens is 1. The Morgan fingerprint density at radius 2 is 2.00 bits per heavy atom. The van der Waals surface area contributed by atoms with Crippen molar-refractivity contribution in [2.45, 2.75) is 11.8 Å². The van der Waals surface area contributed by atoms with Gasteiger partial charge in [0.2, 0.25) is 0 Å². The molecule has 0 aliphatic rings. The molecule has 0 atom stereocenters. The standard InChI is InChI=1S/C21H19ClN4O4S2/c1-3-30-21(27)16(23)12-18(24-17-10-5-4-9-15(17)22)20-25-19(26-31-20)13-7-6-8-14(11-13)32(2,28)29/h4-12H,3,23H2,1-2H3/b16-12-,24-18?. The van der Waals surface area contributed by atoms with Gasteiger partial charge in [-0.2, -0.15) is 4.37 Å². The van der Waals surface area contributed by atoms with E-state index in [9.17, 15) is 13.2 Å². The molecule has 0 bridgehead atoms. The summed E-state index contributed by atoms with van der Waals surface area (Å²) in [5.74, 6) is -0.379. The number of allylic oxidation sites excluding steroid dienone is 1. The molecule has 2 N–H and O–H groups in total. The van der Waals surface area contributed by atoms with E-state index in [0.29, 0.717) is 27.1 Å². The van der Waals surface area contributed by atoms with E-state index in [1.54, 1.807) is 43.3 Å². The number of benzene rings is 2. The Bertz CT molecular complexity index is 1320. The predicted molar refractivity (Wildman–Crippen MR) is 125 cm³/mol. The van der Waals surface area contributed by atoms with Crippen LogP contribution in [0.2, 0.25) is 5.02 Å². The molecule has 0 amide bonds. The van der Waals surface area contributed by atoms with Gasteiger partial charge in [0.1, 0.15) is 11.4 Å². The van der Waals surface area contributed by atoms with Crippen molar-refractivity contribution in [2.75, 3.05) is 12.9 Å². The molecule has 3 rings (SSSR count). The molecular formula is C21H19ClN4O4S2. The normalized spacial score (nSPS) is 12.6. The Kier molecular flexibility index (Phi) is 7.39. The molecule has 32 heavy (non-hydrogen) atoms.